The van der Waals surface area contributed by atoms with Crippen molar-refractivity contribution in [1.29, 1.82) is 0 Å². The van der Waals surface area contributed by atoms with Gasteiger partial charge < -0.3 is 14.8 Å². The number of hydrogen-bond acceptors (Lipinski definition) is 4. The van der Waals surface area contributed by atoms with Crippen LogP contribution in [-0.4, -0.2) is 31.1 Å². The van der Waals surface area contributed by atoms with E-state index in [1.807, 2.05) is 19.9 Å². The molecular weight excluding hydrogens is 334 g/mol. The smallest absolute Gasteiger partial charge is 0.186 e. The lowest BCUT2D eigenvalue weighted by Crippen LogP contribution is -2.31. The van der Waals surface area contributed by atoms with E-state index < -0.39 is 0 Å². The lowest BCUT2D eigenvalue weighted by atomic mass is 10.2. The van der Waals surface area contributed by atoms with Gasteiger partial charge in [0, 0.05) is 6.54 Å². The summed E-state index contributed by atoms with van der Waals surface area (Å²) < 4.78 is 11.4. The highest BCUT2D eigenvalue weighted by Gasteiger charge is 2.12. The lowest BCUT2D eigenvalue weighted by Gasteiger charge is -2.15. The molecule has 1 rings (SSSR count). The average Bonchev–Trinajstić information content (AvgIpc) is 2.46. The molecule has 0 saturated carbocycles. The number of hydrazone groups is 1. The van der Waals surface area contributed by atoms with Crippen LogP contribution in [0.15, 0.2) is 17.2 Å². The third-order valence-corrected chi connectivity index (χ3v) is 3.13. The molecule has 128 valence electrons. The first-order valence-electron chi connectivity index (χ1n) is 7.63. The monoisotopic (exact) mass is 357 g/mol. The minimum atomic E-state index is 0.401. The molecule has 0 bridgehead atoms. The molecule has 1 aromatic rings. The van der Waals surface area contributed by atoms with E-state index in [1.54, 1.807) is 12.3 Å². The molecule has 5 nitrogen and oxygen atoms in total. The van der Waals surface area contributed by atoms with Gasteiger partial charge in [0.15, 0.2) is 16.6 Å². The molecule has 0 aromatic heterocycles. The number of halogens is 1. The highest BCUT2D eigenvalue weighted by atomic mass is 35.5. The summed E-state index contributed by atoms with van der Waals surface area (Å²) in [5, 5.41) is 7.98. The molecule has 0 fully saturated rings. The zero-order valence-electron chi connectivity index (χ0n) is 14.0. The topological polar surface area (TPSA) is 54.9 Å². The van der Waals surface area contributed by atoms with Crippen LogP contribution >= 0.6 is 23.8 Å². The second kappa shape index (κ2) is 10.3. The van der Waals surface area contributed by atoms with Gasteiger partial charge in [-0.2, -0.15) is 5.10 Å². The first-order chi connectivity index (χ1) is 11.0. The van der Waals surface area contributed by atoms with Gasteiger partial charge in [0.05, 0.1) is 24.5 Å². The number of benzene rings is 1. The van der Waals surface area contributed by atoms with E-state index in [0.29, 0.717) is 40.8 Å². The number of ether oxygens (including phenoxy) is 2. The molecule has 2 N–H and O–H groups in total. The highest BCUT2D eigenvalue weighted by Crippen LogP contribution is 2.36. The third-order valence-electron chi connectivity index (χ3n) is 2.61. The van der Waals surface area contributed by atoms with Crippen molar-refractivity contribution in [2.75, 3.05) is 19.8 Å². The van der Waals surface area contributed by atoms with E-state index >= 15 is 0 Å². The Morgan fingerprint density at radius 1 is 1.35 bits per heavy atom. The molecule has 0 spiro atoms. The van der Waals surface area contributed by atoms with E-state index in [1.165, 1.54) is 0 Å². The average molecular weight is 358 g/mol. The second-order valence-electron chi connectivity index (χ2n) is 5.20. The predicted molar refractivity (Wildman–Crippen MR) is 100.0 cm³/mol. The van der Waals surface area contributed by atoms with Crippen LogP contribution in [0.4, 0.5) is 0 Å². The standard InChI is InChI=1S/C16H24ClN3O2S/c1-5-18-16(23)20-19-9-12-7-13(17)15(22-10-11(3)4)14(8-12)21-6-2/h7-9,11H,5-6,10H2,1-4H3,(H2,18,20,23)/b19-9+. The fourth-order valence-electron chi connectivity index (χ4n) is 1.68. The van der Waals surface area contributed by atoms with Crippen molar-refractivity contribution in [2.24, 2.45) is 11.0 Å². The van der Waals surface area contributed by atoms with Gasteiger partial charge >= 0.3 is 0 Å². The van der Waals surface area contributed by atoms with Crippen LogP contribution in [0.2, 0.25) is 5.02 Å². The van der Waals surface area contributed by atoms with Crippen molar-refractivity contribution in [3.05, 3.63) is 22.7 Å². The van der Waals surface area contributed by atoms with Crippen LogP contribution in [0.5, 0.6) is 11.5 Å². The van der Waals surface area contributed by atoms with Gasteiger partial charge in [-0.15, -0.1) is 0 Å². The minimum Gasteiger partial charge on any atom is -0.490 e. The molecule has 0 heterocycles. The molecule has 0 radical (unpaired) electrons. The first kappa shape index (κ1) is 19.5. The summed E-state index contributed by atoms with van der Waals surface area (Å²) in [7, 11) is 0. The number of hydrogen-bond donors (Lipinski definition) is 2. The normalized spacial score (nSPS) is 10.9. The van der Waals surface area contributed by atoms with Crippen molar-refractivity contribution >= 4 is 35.1 Å². The second-order valence-corrected chi connectivity index (χ2v) is 6.01. The zero-order valence-corrected chi connectivity index (χ0v) is 15.6. The van der Waals surface area contributed by atoms with E-state index in [-0.39, 0.29) is 0 Å². The molecule has 0 aliphatic carbocycles. The van der Waals surface area contributed by atoms with Crippen LogP contribution in [0, 0.1) is 5.92 Å². The van der Waals surface area contributed by atoms with Crippen molar-refractivity contribution in [3.8, 4) is 11.5 Å². The summed E-state index contributed by atoms with van der Waals surface area (Å²) in [5.41, 5.74) is 3.53. The molecule has 7 heteroatoms. The number of nitrogens with zero attached hydrogens (tertiary/aromatic N) is 1. The Kier molecular flexibility index (Phi) is 8.73. The van der Waals surface area contributed by atoms with Crippen LogP contribution in [0.1, 0.15) is 33.3 Å². The Balaban J connectivity index is 2.89. The Labute approximate surface area is 148 Å². The molecule has 0 aliphatic heterocycles. The van der Waals surface area contributed by atoms with Crippen LogP contribution in [0.3, 0.4) is 0 Å². The van der Waals surface area contributed by atoms with Crippen molar-refractivity contribution < 1.29 is 9.47 Å². The van der Waals surface area contributed by atoms with Crippen molar-refractivity contribution in [3.63, 3.8) is 0 Å². The number of nitrogens with one attached hydrogen (secondary N) is 2. The molecule has 0 atom stereocenters. The summed E-state index contributed by atoms with van der Waals surface area (Å²) >= 11 is 11.4. The molecule has 0 saturated heterocycles. The fraction of sp³-hybridized carbons (Fsp3) is 0.500. The Morgan fingerprint density at radius 3 is 2.70 bits per heavy atom. The SMILES string of the molecule is CCNC(=S)N/N=C/c1cc(Cl)c(OCC(C)C)c(OCC)c1. The van der Waals surface area contributed by atoms with Crippen LogP contribution < -0.4 is 20.2 Å². The highest BCUT2D eigenvalue weighted by molar-refractivity contribution is 7.80. The molecular formula is C16H24ClN3O2S. The molecule has 0 amide bonds. The van der Waals surface area contributed by atoms with E-state index in [4.69, 9.17) is 33.3 Å². The predicted octanol–water partition coefficient (Wildman–Crippen LogP) is 3.59. The maximum atomic E-state index is 6.32. The Hall–Kier alpha value is -1.53. The maximum Gasteiger partial charge on any atom is 0.186 e. The number of rotatable bonds is 8. The van der Waals surface area contributed by atoms with Gasteiger partial charge in [-0.25, -0.2) is 0 Å². The summed E-state index contributed by atoms with van der Waals surface area (Å²) in [6, 6.07) is 3.62. The lowest BCUT2D eigenvalue weighted by molar-refractivity contribution is 0.248. The summed E-state index contributed by atoms with van der Waals surface area (Å²) in [4.78, 5) is 0. The van der Waals surface area contributed by atoms with E-state index in [0.717, 1.165) is 12.1 Å². The largest absolute Gasteiger partial charge is 0.490 e. The van der Waals surface area contributed by atoms with Gasteiger partial charge in [-0.3, -0.25) is 5.43 Å². The van der Waals surface area contributed by atoms with Gasteiger partial charge in [0.1, 0.15) is 0 Å². The fourth-order valence-corrected chi connectivity index (χ4v) is 2.15. The summed E-state index contributed by atoms with van der Waals surface area (Å²) in [5.74, 6) is 1.57. The van der Waals surface area contributed by atoms with Gasteiger partial charge in [-0.05, 0) is 49.7 Å². The minimum absolute atomic E-state index is 0.401. The summed E-state index contributed by atoms with van der Waals surface area (Å²) in [6.07, 6.45) is 1.63. The summed E-state index contributed by atoms with van der Waals surface area (Å²) in [6.45, 7) is 9.87. The maximum absolute atomic E-state index is 6.32. The van der Waals surface area contributed by atoms with Gasteiger partial charge in [0.2, 0.25) is 0 Å². The Bertz CT molecular complexity index is 550. The molecule has 0 unspecified atom stereocenters. The van der Waals surface area contributed by atoms with E-state index in [2.05, 4.69) is 29.7 Å². The molecule has 0 aliphatic rings. The quantitative estimate of drug-likeness (QED) is 0.423. The van der Waals surface area contributed by atoms with Crippen LogP contribution in [-0.2, 0) is 0 Å². The van der Waals surface area contributed by atoms with Crippen LogP contribution in [0.25, 0.3) is 0 Å². The Morgan fingerprint density at radius 2 is 2.09 bits per heavy atom. The van der Waals surface area contributed by atoms with Crippen molar-refractivity contribution in [2.45, 2.75) is 27.7 Å². The van der Waals surface area contributed by atoms with E-state index in [9.17, 15) is 0 Å². The zero-order chi connectivity index (χ0) is 17.2. The van der Waals surface area contributed by atoms with Gasteiger partial charge in [-0.1, -0.05) is 25.4 Å². The molecule has 23 heavy (non-hydrogen) atoms. The van der Waals surface area contributed by atoms with Crippen molar-refractivity contribution in [1.82, 2.24) is 10.7 Å². The first-order valence-corrected chi connectivity index (χ1v) is 8.42. The molecule has 1 aromatic carbocycles. The number of thiocarbonyl (C=S) groups is 1. The van der Waals surface area contributed by atoms with Gasteiger partial charge in [0.25, 0.3) is 0 Å². The third kappa shape index (κ3) is 7.05.